The van der Waals surface area contributed by atoms with E-state index >= 15 is 0 Å². The summed E-state index contributed by atoms with van der Waals surface area (Å²) < 4.78 is 24.9. The molecule has 1 unspecified atom stereocenters. The van der Waals surface area contributed by atoms with E-state index in [1.54, 1.807) is 4.90 Å². The van der Waals surface area contributed by atoms with Crippen LogP contribution in [0, 0.1) is 0 Å². The van der Waals surface area contributed by atoms with E-state index < -0.39 is 10.0 Å². The zero-order chi connectivity index (χ0) is 13.2. The Kier molecular flexibility index (Phi) is 3.67. The van der Waals surface area contributed by atoms with Gasteiger partial charge in [0.15, 0.2) is 0 Å². The summed E-state index contributed by atoms with van der Waals surface area (Å²) in [6.07, 6.45) is 5.68. The number of aromatic amines is 1. The second-order valence-electron chi connectivity index (χ2n) is 4.47. The number of rotatable bonds is 3. The average Bonchev–Trinajstić information content (AvgIpc) is 2.79. The largest absolute Gasteiger partial charge is 0.337 e. The third-order valence-electron chi connectivity index (χ3n) is 2.83. The lowest BCUT2D eigenvalue weighted by atomic mass is 10.1. The second-order valence-corrected chi connectivity index (χ2v) is 6.25. The molecule has 0 radical (unpaired) electrons. The summed E-state index contributed by atoms with van der Waals surface area (Å²) in [5.74, 6) is -0.122. The lowest BCUT2D eigenvalue weighted by Gasteiger charge is -2.32. The van der Waals surface area contributed by atoms with Crippen molar-refractivity contribution in [3.05, 3.63) is 18.0 Å². The van der Waals surface area contributed by atoms with Gasteiger partial charge in [0.05, 0.1) is 18.0 Å². The highest BCUT2D eigenvalue weighted by molar-refractivity contribution is 7.88. The maximum absolute atomic E-state index is 12.1. The van der Waals surface area contributed by atoms with Gasteiger partial charge in [0.2, 0.25) is 10.0 Å². The Morgan fingerprint density at radius 2 is 2.39 bits per heavy atom. The summed E-state index contributed by atoms with van der Waals surface area (Å²) >= 11 is 0. The molecule has 1 fully saturated rings. The number of H-pyrrole nitrogens is 1. The number of sulfonamides is 1. The Morgan fingerprint density at radius 1 is 1.61 bits per heavy atom. The smallest absolute Gasteiger partial charge is 0.257 e. The van der Waals surface area contributed by atoms with E-state index in [0.717, 1.165) is 19.1 Å². The zero-order valence-corrected chi connectivity index (χ0v) is 10.9. The van der Waals surface area contributed by atoms with Gasteiger partial charge < -0.3 is 4.90 Å². The molecule has 1 aromatic rings. The number of amides is 1. The van der Waals surface area contributed by atoms with Crippen molar-refractivity contribution < 1.29 is 13.2 Å². The van der Waals surface area contributed by atoms with Crippen molar-refractivity contribution in [1.82, 2.24) is 19.8 Å². The number of piperidine rings is 1. The molecule has 100 valence electrons. The highest BCUT2D eigenvalue weighted by Gasteiger charge is 2.26. The third-order valence-corrected chi connectivity index (χ3v) is 3.60. The Hall–Kier alpha value is -1.41. The van der Waals surface area contributed by atoms with E-state index in [9.17, 15) is 13.2 Å². The van der Waals surface area contributed by atoms with Crippen molar-refractivity contribution in [1.29, 1.82) is 0 Å². The van der Waals surface area contributed by atoms with Gasteiger partial charge in [-0.2, -0.15) is 5.10 Å². The van der Waals surface area contributed by atoms with Gasteiger partial charge in [-0.25, -0.2) is 13.1 Å². The molecule has 1 atom stereocenters. The molecule has 0 bridgehead atoms. The predicted octanol–water partition coefficient (Wildman–Crippen LogP) is -0.436. The number of carbonyl (C=O) groups excluding carboxylic acids is 1. The molecule has 0 aliphatic carbocycles. The second kappa shape index (κ2) is 5.07. The third kappa shape index (κ3) is 3.30. The van der Waals surface area contributed by atoms with Gasteiger partial charge in [-0.05, 0) is 12.8 Å². The van der Waals surface area contributed by atoms with E-state index in [1.165, 1.54) is 12.4 Å². The Labute approximate surface area is 106 Å². The Morgan fingerprint density at radius 3 is 3.00 bits per heavy atom. The van der Waals surface area contributed by atoms with Gasteiger partial charge in [-0.3, -0.25) is 9.89 Å². The number of hydrogen-bond donors (Lipinski definition) is 2. The Bertz CT molecular complexity index is 511. The highest BCUT2D eigenvalue weighted by atomic mass is 32.2. The number of hydrogen-bond acceptors (Lipinski definition) is 4. The molecular weight excluding hydrogens is 256 g/mol. The topological polar surface area (TPSA) is 95.2 Å². The van der Waals surface area contributed by atoms with Crippen LogP contribution in [0.25, 0.3) is 0 Å². The van der Waals surface area contributed by atoms with E-state index in [1.807, 2.05) is 0 Å². The SMILES string of the molecule is CS(=O)(=O)NC1CCCN(C(=O)c2cn[nH]c2)C1. The molecular formula is C10H16N4O3S. The van der Waals surface area contributed by atoms with E-state index in [0.29, 0.717) is 18.7 Å². The average molecular weight is 272 g/mol. The Balaban J connectivity index is 2.01. The van der Waals surface area contributed by atoms with Crippen LogP contribution in [0.5, 0.6) is 0 Å². The van der Waals surface area contributed by atoms with Crippen LogP contribution in [-0.2, 0) is 10.0 Å². The van der Waals surface area contributed by atoms with Crippen molar-refractivity contribution in [3.8, 4) is 0 Å². The number of carbonyl (C=O) groups is 1. The van der Waals surface area contributed by atoms with Crippen molar-refractivity contribution in [2.45, 2.75) is 18.9 Å². The van der Waals surface area contributed by atoms with Crippen LogP contribution < -0.4 is 4.72 Å². The number of aromatic nitrogens is 2. The van der Waals surface area contributed by atoms with Gasteiger partial charge in [0.25, 0.3) is 5.91 Å². The minimum Gasteiger partial charge on any atom is -0.337 e. The zero-order valence-electron chi connectivity index (χ0n) is 10.1. The van der Waals surface area contributed by atoms with Crippen LogP contribution >= 0.6 is 0 Å². The maximum atomic E-state index is 12.1. The highest BCUT2D eigenvalue weighted by Crippen LogP contribution is 2.13. The van der Waals surface area contributed by atoms with Gasteiger partial charge in [0, 0.05) is 25.3 Å². The molecule has 7 nitrogen and oxygen atoms in total. The van der Waals surface area contributed by atoms with Crippen molar-refractivity contribution in [2.75, 3.05) is 19.3 Å². The van der Waals surface area contributed by atoms with Gasteiger partial charge in [-0.1, -0.05) is 0 Å². The molecule has 1 aromatic heterocycles. The fraction of sp³-hybridized carbons (Fsp3) is 0.600. The first-order chi connectivity index (χ1) is 8.46. The van der Waals surface area contributed by atoms with Crippen LogP contribution in [0.4, 0.5) is 0 Å². The molecule has 8 heteroatoms. The number of nitrogens with zero attached hydrogens (tertiary/aromatic N) is 2. The lowest BCUT2D eigenvalue weighted by Crippen LogP contribution is -2.49. The minimum absolute atomic E-state index is 0.122. The summed E-state index contributed by atoms with van der Waals surface area (Å²) in [6.45, 7) is 1.04. The van der Waals surface area contributed by atoms with Crippen LogP contribution in [0.3, 0.4) is 0 Å². The molecule has 2 N–H and O–H groups in total. The summed E-state index contributed by atoms with van der Waals surface area (Å²) in [4.78, 5) is 13.7. The predicted molar refractivity (Wildman–Crippen MR) is 65.5 cm³/mol. The summed E-state index contributed by atoms with van der Waals surface area (Å²) in [5.41, 5.74) is 0.495. The van der Waals surface area contributed by atoms with E-state index in [-0.39, 0.29) is 11.9 Å². The molecule has 0 spiro atoms. The first-order valence-corrected chi connectivity index (χ1v) is 7.60. The van der Waals surface area contributed by atoms with Crippen LogP contribution in [0.1, 0.15) is 23.2 Å². The molecule has 1 saturated heterocycles. The first kappa shape index (κ1) is 13.0. The maximum Gasteiger partial charge on any atom is 0.257 e. The van der Waals surface area contributed by atoms with Gasteiger partial charge in [-0.15, -0.1) is 0 Å². The molecule has 1 amide bonds. The van der Waals surface area contributed by atoms with Crippen molar-refractivity contribution >= 4 is 15.9 Å². The van der Waals surface area contributed by atoms with Gasteiger partial charge in [0.1, 0.15) is 0 Å². The quantitative estimate of drug-likeness (QED) is 0.780. The normalized spacial score (nSPS) is 20.9. The molecule has 0 saturated carbocycles. The number of likely N-dealkylation sites (tertiary alicyclic amines) is 1. The van der Waals surface area contributed by atoms with Crippen molar-refractivity contribution in [2.24, 2.45) is 0 Å². The van der Waals surface area contributed by atoms with Crippen LogP contribution in [0.2, 0.25) is 0 Å². The molecule has 1 aliphatic rings. The molecule has 2 heterocycles. The van der Waals surface area contributed by atoms with Crippen LogP contribution in [-0.4, -0.2) is 54.8 Å². The van der Waals surface area contributed by atoms with Crippen molar-refractivity contribution in [3.63, 3.8) is 0 Å². The fourth-order valence-corrected chi connectivity index (χ4v) is 2.91. The van der Waals surface area contributed by atoms with E-state index in [4.69, 9.17) is 0 Å². The molecule has 1 aliphatic heterocycles. The monoisotopic (exact) mass is 272 g/mol. The minimum atomic E-state index is -3.23. The molecule has 18 heavy (non-hydrogen) atoms. The molecule has 2 rings (SSSR count). The first-order valence-electron chi connectivity index (χ1n) is 5.71. The summed E-state index contributed by atoms with van der Waals surface area (Å²) in [5, 5.41) is 6.32. The summed E-state index contributed by atoms with van der Waals surface area (Å²) in [7, 11) is -3.23. The number of nitrogens with one attached hydrogen (secondary N) is 2. The lowest BCUT2D eigenvalue weighted by molar-refractivity contribution is 0.0703. The molecule has 0 aromatic carbocycles. The van der Waals surface area contributed by atoms with Gasteiger partial charge >= 0.3 is 0 Å². The van der Waals surface area contributed by atoms with E-state index in [2.05, 4.69) is 14.9 Å². The standard InChI is InChI=1S/C10H16N4O3S/c1-18(16,17)13-9-3-2-4-14(7-9)10(15)8-5-11-12-6-8/h5-6,9,13H,2-4,7H2,1H3,(H,11,12). The fourth-order valence-electron chi connectivity index (χ4n) is 2.11. The summed E-state index contributed by atoms with van der Waals surface area (Å²) in [6, 6.07) is -0.204. The van der Waals surface area contributed by atoms with Crippen LogP contribution in [0.15, 0.2) is 12.4 Å².